The Balaban J connectivity index is 1.19. The number of aliphatic hydroxyl groups is 1. The molecule has 0 aromatic heterocycles. The van der Waals surface area contributed by atoms with E-state index in [0.29, 0.717) is 0 Å². The maximum Gasteiger partial charge on any atom is 0.121 e. The molecular formula is C37H38NO2+. The van der Waals surface area contributed by atoms with Gasteiger partial charge in [-0.2, -0.15) is 0 Å². The van der Waals surface area contributed by atoms with Gasteiger partial charge in [-0.3, -0.25) is 0 Å². The second kappa shape index (κ2) is 10.1. The molecule has 3 saturated heterocycles. The lowest BCUT2D eigenvalue weighted by Gasteiger charge is -2.60. The van der Waals surface area contributed by atoms with Gasteiger partial charge in [-0.05, 0) is 56.9 Å². The van der Waals surface area contributed by atoms with Crippen LogP contribution in [-0.2, 0) is 5.60 Å². The Kier molecular flexibility index (Phi) is 6.37. The highest BCUT2D eigenvalue weighted by atomic mass is 16.5. The van der Waals surface area contributed by atoms with Gasteiger partial charge >= 0.3 is 0 Å². The predicted octanol–water partition coefficient (Wildman–Crippen LogP) is 7.70. The van der Waals surface area contributed by atoms with Crippen molar-refractivity contribution in [3.8, 4) is 5.75 Å². The van der Waals surface area contributed by atoms with Gasteiger partial charge in [0.25, 0.3) is 0 Å². The summed E-state index contributed by atoms with van der Waals surface area (Å²) in [7, 11) is 0. The first kappa shape index (κ1) is 25.3. The van der Waals surface area contributed by atoms with Gasteiger partial charge in [-0.25, -0.2) is 0 Å². The van der Waals surface area contributed by atoms with Crippen molar-refractivity contribution >= 4 is 21.5 Å². The molecule has 3 fully saturated rings. The van der Waals surface area contributed by atoms with E-state index in [2.05, 4.69) is 84.9 Å². The Labute approximate surface area is 237 Å². The van der Waals surface area contributed by atoms with Gasteiger partial charge in [0.2, 0.25) is 0 Å². The highest BCUT2D eigenvalue weighted by Crippen LogP contribution is 2.58. The second-order valence-electron chi connectivity index (χ2n) is 12.1. The molecule has 3 aliphatic heterocycles. The van der Waals surface area contributed by atoms with E-state index < -0.39 is 5.60 Å². The summed E-state index contributed by atoms with van der Waals surface area (Å²) in [6.45, 7) is 5.26. The van der Waals surface area contributed by atoms with Crippen LogP contribution in [0.1, 0.15) is 36.8 Å². The van der Waals surface area contributed by atoms with Crippen LogP contribution in [0.5, 0.6) is 5.75 Å². The summed E-state index contributed by atoms with van der Waals surface area (Å²) in [5, 5.41) is 18.0. The topological polar surface area (TPSA) is 29.5 Å². The number of fused-ring (bicyclic) bond motifs is 5. The van der Waals surface area contributed by atoms with E-state index in [0.717, 1.165) is 79.8 Å². The molecule has 3 heteroatoms. The van der Waals surface area contributed by atoms with Crippen LogP contribution in [0.25, 0.3) is 21.5 Å². The average molecular weight is 529 g/mol. The SMILES string of the molecule is OC(c1ccc2ccccc2c1)(c1ccc2ccccc2c1)C12CC[N+](CCCOc3ccccc3)(CC1)CC2. The van der Waals surface area contributed by atoms with E-state index in [9.17, 15) is 5.11 Å². The van der Waals surface area contributed by atoms with Gasteiger partial charge in [0, 0.05) is 31.1 Å². The van der Waals surface area contributed by atoms with Gasteiger partial charge in [-0.1, -0.05) is 91.0 Å². The Morgan fingerprint density at radius 2 is 1.12 bits per heavy atom. The van der Waals surface area contributed by atoms with E-state index in [1.54, 1.807) is 0 Å². The summed E-state index contributed by atoms with van der Waals surface area (Å²) in [5.74, 6) is 0.953. The molecule has 3 heterocycles. The van der Waals surface area contributed by atoms with Gasteiger partial charge in [0.1, 0.15) is 11.4 Å². The quantitative estimate of drug-likeness (QED) is 0.165. The highest BCUT2D eigenvalue weighted by Gasteiger charge is 2.60. The molecule has 8 rings (SSSR count). The minimum absolute atomic E-state index is 0.182. The number of hydrogen-bond donors (Lipinski definition) is 1. The van der Waals surface area contributed by atoms with Crippen LogP contribution in [0.4, 0.5) is 0 Å². The predicted molar refractivity (Wildman–Crippen MR) is 163 cm³/mol. The fourth-order valence-electron chi connectivity index (χ4n) is 7.66. The number of quaternary nitrogens is 1. The number of piperidine rings is 3. The standard InChI is InChI=1S/C37H38NO2/c39-37(33-17-15-29-9-4-6-11-31(29)27-33,34-18-16-30-10-5-7-12-32(30)28-34)36-19-23-38(24-20-36,25-21-36)22-8-26-40-35-13-2-1-3-14-35/h1-7,9-18,27-28,39H,8,19-26H2/q+1. The van der Waals surface area contributed by atoms with Crippen LogP contribution in [0.3, 0.4) is 0 Å². The van der Waals surface area contributed by atoms with Crippen molar-refractivity contribution < 1.29 is 14.3 Å². The maximum atomic E-state index is 13.2. The first-order valence-corrected chi connectivity index (χ1v) is 14.8. The minimum Gasteiger partial charge on any atom is -0.493 e. The van der Waals surface area contributed by atoms with Crippen LogP contribution in [0.2, 0.25) is 0 Å². The van der Waals surface area contributed by atoms with E-state index in [1.165, 1.54) is 21.5 Å². The smallest absolute Gasteiger partial charge is 0.121 e. The number of nitrogens with zero attached hydrogens (tertiary/aromatic N) is 1. The van der Waals surface area contributed by atoms with Crippen molar-refractivity contribution in [1.29, 1.82) is 0 Å². The minimum atomic E-state index is -1.05. The van der Waals surface area contributed by atoms with Crippen LogP contribution >= 0.6 is 0 Å². The highest BCUT2D eigenvalue weighted by molar-refractivity contribution is 5.85. The summed E-state index contributed by atoms with van der Waals surface area (Å²) >= 11 is 0. The summed E-state index contributed by atoms with van der Waals surface area (Å²) in [6, 6.07) is 40.3. The van der Waals surface area contributed by atoms with Crippen LogP contribution in [0, 0.1) is 5.41 Å². The Morgan fingerprint density at radius 1 is 0.625 bits per heavy atom. The molecule has 3 aliphatic rings. The van der Waals surface area contributed by atoms with E-state index >= 15 is 0 Å². The zero-order valence-corrected chi connectivity index (χ0v) is 23.1. The maximum absolute atomic E-state index is 13.2. The molecular weight excluding hydrogens is 490 g/mol. The molecule has 0 aliphatic carbocycles. The molecule has 0 saturated carbocycles. The number of benzene rings is 5. The van der Waals surface area contributed by atoms with E-state index in [-0.39, 0.29) is 5.41 Å². The molecule has 0 radical (unpaired) electrons. The molecule has 3 nitrogen and oxygen atoms in total. The van der Waals surface area contributed by atoms with Crippen molar-refractivity contribution in [1.82, 2.24) is 0 Å². The van der Waals surface area contributed by atoms with E-state index in [1.807, 2.05) is 30.3 Å². The monoisotopic (exact) mass is 528 g/mol. The van der Waals surface area contributed by atoms with Crippen molar-refractivity contribution in [2.45, 2.75) is 31.3 Å². The fraction of sp³-hybridized carbons (Fsp3) is 0.297. The molecule has 5 aromatic carbocycles. The molecule has 1 N–H and O–H groups in total. The van der Waals surface area contributed by atoms with Gasteiger partial charge < -0.3 is 14.3 Å². The summed E-state index contributed by atoms with van der Waals surface area (Å²) < 4.78 is 7.17. The molecule has 0 atom stereocenters. The number of para-hydroxylation sites is 1. The third-order valence-electron chi connectivity index (χ3n) is 10.1. The number of rotatable bonds is 8. The second-order valence-corrected chi connectivity index (χ2v) is 12.1. The largest absolute Gasteiger partial charge is 0.493 e. The van der Waals surface area contributed by atoms with Crippen molar-refractivity contribution in [3.05, 3.63) is 126 Å². The van der Waals surface area contributed by atoms with Crippen LogP contribution in [-0.4, -0.2) is 42.4 Å². The number of ether oxygens (including phenoxy) is 1. The summed E-state index contributed by atoms with van der Waals surface area (Å²) in [5.41, 5.74) is 0.825. The molecule has 40 heavy (non-hydrogen) atoms. The normalized spacial score (nSPS) is 22.5. The third kappa shape index (κ3) is 4.29. The van der Waals surface area contributed by atoms with E-state index in [4.69, 9.17) is 4.74 Å². The first-order valence-electron chi connectivity index (χ1n) is 14.8. The molecule has 0 spiro atoms. The Hall–Kier alpha value is -3.66. The Morgan fingerprint density at radius 3 is 1.68 bits per heavy atom. The zero-order chi connectivity index (χ0) is 27.0. The fourth-order valence-corrected chi connectivity index (χ4v) is 7.66. The van der Waals surface area contributed by atoms with Crippen molar-refractivity contribution in [3.63, 3.8) is 0 Å². The molecule has 202 valence electrons. The van der Waals surface area contributed by atoms with Gasteiger partial charge in [-0.15, -0.1) is 0 Å². The van der Waals surface area contributed by atoms with Gasteiger partial charge in [0.15, 0.2) is 0 Å². The third-order valence-corrected chi connectivity index (χ3v) is 10.1. The summed E-state index contributed by atoms with van der Waals surface area (Å²) in [6.07, 6.45) is 4.15. The molecule has 0 unspecified atom stereocenters. The molecule has 0 amide bonds. The van der Waals surface area contributed by atoms with Crippen molar-refractivity contribution in [2.75, 3.05) is 32.8 Å². The van der Waals surface area contributed by atoms with Crippen LogP contribution < -0.4 is 4.74 Å². The average Bonchev–Trinajstić information content (AvgIpc) is 3.03. The first-order chi connectivity index (χ1) is 19.6. The lowest BCUT2D eigenvalue weighted by atomic mass is 9.56. The zero-order valence-electron chi connectivity index (χ0n) is 23.1. The lowest BCUT2D eigenvalue weighted by Crippen LogP contribution is -2.66. The Bertz CT molecular complexity index is 1540. The van der Waals surface area contributed by atoms with Gasteiger partial charge in [0.05, 0.1) is 32.8 Å². The van der Waals surface area contributed by atoms with Crippen molar-refractivity contribution in [2.24, 2.45) is 5.41 Å². The molecule has 5 aromatic rings. The summed E-state index contributed by atoms with van der Waals surface area (Å²) in [4.78, 5) is 0. The molecule has 2 bridgehead atoms. The van der Waals surface area contributed by atoms with Crippen LogP contribution in [0.15, 0.2) is 115 Å². The number of hydrogen-bond acceptors (Lipinski definition) is 2. The lowest BCUT2D eigenvalue weighted by molar-refractivity contribution is -0.946.